The van der Waals surface area contributed by atoms with Crippen LogP contribution in [0.3, 0.4) is 0 Å². The van der Waals surface area contributed by atoms with Crippen LogP contribution in [0, 0.1) is 0 Å². The van der Waals surface area contributed by atoms with Gasteiger partial charge < -0.3 is 20.6 Å². The van der Waals surface area contributed by atoms with E-state index in [4.69, 9.17) is 21.4 Å². The van der Waals surface area contributed by atoms with Gasteiger partial charge in [0.2, 0.25) is 5.91 Å². The number of nitrogens with zero attached hydrogens (tertiary/aromatic N) is 3. The number of hydrogen-bond acceptors (Lipinski definition) is 9. The number of β-lactam (4-membered cyclic amide) rings is 1. The molecule has 0 radical (unpaired) electrons. The number of aromatic nitrogens is 1. The highest BCUT2D eigenvalue weighted by molar-refractivity contribution is 8.00. The van der Waals surface area contributed by atoms with Crippen LogP contribution in [-0.2, 0) is 24.8 Å². The average molecular weight is 732 g/mol. The fraction of sp³-hybridized carbons (Fsp3) is 0.194. The van der Waals surface area contributed by atoms with Crippen molar-refractivity contribution >= 4 is 63.3 Å². The molecule has 3 aromatic carbocycles. The molecule has 2 amide bonds. The molecule has 2 aliphatic heterocycles. The van der Waals surface area contributed by atoms with Crippen LogP contribution in [0.2, 0.25) is 0 Å². The molecule has 1 atom stereocenters. The molecular weight excluding hydrogens is 701 g/mol. The van der Waals surface area contributed by atoms with Crippen molar-refractivity contribution in [1.82, 2.24) is 15.2 Å². The Morgan fingerprint density at radius 2 is 1.64 bits per heavy atom. The third-order valence-electron chi connectivity index (χ3n) is 8.05. The lowest BCUT2D eigenvalue weighted by atomic mass is 9.77. The molecule has 6 rings (SSSR count). The molecule has 3 heterocycles. The first-order valence-electron chi connectivity index (χ1n) is 15.5. The molecule has 0 aliphatic carbocycles. The monoisotopic (exact) mass is 731 g/mol. The van der Waals surface area contributed by atoms with E-state index in [1.165, 1.54) is 34.1 Å². The number of hydrogen-bond donors (Lipinski definition) is 3. The van der Waals surface area contributed by atoms with Crippen LogP contribution in [0.5, 0.6) is 0 Å². The second-order valence-corrected chi connectivity index (χ2v) is 13.4. The van der Waals surface area contributed by atoms with Gasteiger partial charge in [0, 0.05) is 16.8 Å². The molecule has 0 unspecified atom stereocenters. The van der Waals surface area contributed by atoms with Crippen molar-refractivity contribution in [1.29, 1.82) is 0 Å². The number of fused-ring (bicyclic) bond motifs is 1. The predicted molar refractivity (Wildman–Crippen MR) is 193 cm³/mol. The molecule has 1 fully saturated rings. The smallest absolute Gasteiger partial charge is 0.352 e. The Labute approximate surface area is 300 Å². The van der Waals surface area contributed by atoms with Crippen LogP contribution in [-0.4, -0.2) is 68.8 Å². The zero-order valence-corrected chi connectivity index (χ0v) is 28.8. The standard InChI is InChI=1S/C36H31ClFN5O5S2/c37-20-27(18-23-21-49-30-19-29(44)43(30)32(23)34(46)47)39-33(45)31(42-48-17-16-38)28-22-50-35(40-28)41-36(24-10-4-1-5-11-24,25-12-6-2-7-13-25)26-14-8-3-9-15-26/h1-15,18,22,30H,16-17,19-21H2,(H,39,45)(H,40,41)(H,46,47)/b27-18-,42-31-/t30-/m1/s1. The van der Waals surface area contributed by atoms with Crippen molar-refractivity contribution in [3.8, 4) is 0 Å². The van der Waals surface area contributed by atoms with Gasteiger partial charge in [-0.1, -0.05) is 96.2 Å². The molecule has 10 nitrogen and oxygen atoms in total. The zero-order chi connectivity index (χ0) is 35.1. The van der Waals surface area contributed by atoms with Crippen LogP contribution in [0.25, 0.3) is 0 Å². The van der Waals surface area contributed by atoms with Crippen LogP contribution in [0.15, 0.2) is 125 Å². The van der Waals surface area contributed by atoms with Crippen molar-refractivity contribution in [2.24, 2.45) is 5.16 Å². The van der Waals surface area contributed by atoms with Crippen LogP contribution >= 0.6 is 34.7 Å². The van der Waals surface area contributed by atoms with Gasteiger partial charge in [0.05, 0.1) is 17.7 Å². The third-order valence-corrected chi connectivity index (χ3v) is 10.3. The summed E-state index contributed by atoms with van der Waals surface area (Å²) in [6.45, 7) is -1.22. The highest BCUT2D eigenvalue weighted by atomic mass is 35.5. The predicted octanol–water partition coefficient (Wildman–Crippen LogP) is 6.12. The summed E-state index contributed by atoms with van der Waals surface area (Å²) in [5, 5.41) is 22.0. The minimum absolute atomic E-state index is 0.143. The van der Waals surface area contributed by atoms with Crippen molar-refractivity contribution in [2.45, 2.75) is 17.3 Å². The van der Waals surface area contributed by atoms with Gasteiger partial charge >= 0.3 is 5.97 Å². The number of carbonyl (C=O) groups excluding carboxylic acids is 2. The molecule has 4 aromatic rings. The summed E-state index contributed by atoms with van der Waals surface area (Å²) >= 11 is 8.88. The van der Waals surface area contributed by atoms with Crippen molar-refractivity contribution in [2.75, 3.05) is 30.2 Å². The number of thioether (sulfide) groups is 1. The molecular formula is C36H31ClFN5O5S2. The number of thiazole rings is 1. The molecule has 256 valence electrons. The number of rotatable bonds is 14. The zero-order valence-electron chi connectivity index (χ0n) is 26.4. The Bertz CT molecular complexity index is 1860. The molecule has 0 spiro atoms. The number of oxime groups is 1. The number of anilines is 1. The van der Waals surface area contributed by atoms with Gasteiger partial charge in [0.1, 0.15) is 30.2 Å². The Balaban J connectivity index is 1.35. The van der Waals surface area contributed by atoms with Gasteiger partial charge in [-0.05, 0) is 28.3 Å². The first kappa shape index (κ1) is 34.9. The molecule has 1 saturated heterocycles. The Kier molecular flexibility index (Phi) is 11.0. The van der Waals surface area contributed by atoms with Gasteiger partial charge in [-0.3, -0.25) is 14.5 Å². The van der Waals surface area contributed by atoms with E-state index in [1.54, 1.807) is 5.38 Å². The lowest BCUT2D eigenvalue weighted by Gasteiger charge is -2.43. The Hall–Kier alpha value is -4.98. The van der Waals surface area contributed by atoms with Crippen LogP contribution in [0.4, 0.5) is 9.52 Å². The van der Waals surface area contributed by atoms with Gasteiger partial charge in [-0.25, -0.2) is 14.2 Å². The van der Waals surface area contributed by atoms with Crippen molar-refractivity contribution in [3.63, 3.8) is 0 Å². The summed E-state index contributed by atoms with van der Waals surface area (Å²) in [4.78, 5) is 49.1. The second kappa shape index (κ2) is 15.7. The van der Waals surface area contributed by atoms with E-state index in [9.17, 15) is 23.9 Å². The fourth-order valence-electron chi connectivity index (χ4n) is 5.80. The summed E-state index contributed by atoms with van der Waals surface area (Å²) in [7, 11) is 0. The number of carboxylic acid groups (broad SMARTS) is 1. The highest BCUT2D eigenvalue weighted by Gasteiger charge is 2.45. The number of carboxylic acids is 1. The lowest BCUT2D eigenvalue weighted by Crippen LogP contribution is -2.53. The second-order valence-electron chi connectivity index (χ2n) is 11.1. The van der Waals surface area contributed by atoms with Crippen molar-refractivity contribution in [3.05, 3.63) is 142 Å². The van der Waals surface area contributed by atoms with Gasteiger partial charge in [0.25, 0.3) is 5.91 Å². The Morgan fingerprint density at radius 1 is 1.04 bits per heavy atom. The van der Waals surface area contributed by atoms with Crippen LogP contribution in [0.1, 0.15) is 28.8 Å². The first-order valence-corrected chi connectivity index (χ1v) is 18.0. The molecule has 50 heavy (non-hydrogen) atoms. The topological polar surface area (TPSA) is 133 Å². The van der Waals surface area contributed by atoms with E-state index >= 15 is 0 Å². The number of alkyl halides is 2. The van der Waals surface area contributed by atoms with E-state index < -0.39 is 24.1 Å². The van der Waals surface area contributed by atoms with Crippen molar-refractivity contribution < 1.29 is 28.7 Å². The summed E-state index contributed by atoms with van der Waals surface area (Å²) in [6.07, 6.45) is 1.72. The van der Waals surface area contributed by atoms with E-state index in [0.717, 1.165) is 16.7 Å². The highest BCUT2D eigenvalue weighted by Crippen LogP contribution is 2.42. The molecule has 2 aliphatic rings. The number of carbonyl (C=O) groups is 3. The normalized spacial score (nSPS) is 16.4. The van der Waals surface area contributed by atoms with E-state index in [0.29, 0.717) is 16.5 Å². The number of allylic oxidation sites excluding steroid dienone is 2. The summed E-state index contributed by atoms with van der Waals surface area (Å²) in [5.41, 5.74) is 2.22. The third kappa shape index (κ3) is 7.16. The summed E-state index contributed by atoms with van der Waals surface area (Å²) in [6, 6.07) is 29.8. The quantitative estimate of drug-likeness (QED) is 0.0353. The number of nitrogens with one attached hydrogen (secondary N) is 2. The molecule has 0 bridgehead atoms. The molecule has 3 N–H and O–H groups in total. The van der Waals surface area contributed by atoms with E-state index in [-0.39, 0.29) is 53.0 Å². The van der Waals surface area contributed by atoms with E-state index in [1.807, 2.05) is 91.0 Å². The minimum atomic E-state index is -1.25. The maximum atomic E-state index is 13.7. The number of amides is 2. The maximum Gasteiger partial charge on any atom is 0.352 e. The summed E-state index contributed by atoms with van der Waals surface area (Å²) < 4.78 is 13.0. The largest absolute Gasteiger partial charge is 0.477 e. The first-order chi connectivity index (χ1) is 24.3. The summed E-state index contributed by atoms with van der Waals surface area (Å²) in [5.74, 6) is -2.19. The minimum Gasteiger partial charge on any atom is -0.477 e. The Morgan fingerprint density at radius 3 is 2.16 bits per heavy atom. The molecule has 14 heteroatoms. The van der Waals surface area contributed by atoms with E-state index in [2.05, 4.69) is 15.8 Å². The maximum absolute atomic E-state index is 13.7. The lowest BCUT2D eigenvalue weighted by molar-refractivity contribution is -0.146. The average Bonchev–Trinajstić information content (AvgIpc) is 3.60. The number of halogens is 2. The van der Waals surface area contributed by atoms with Gasteiger partial charge in [0.15, 0.2) is 10.8 Å². The molecule has 0 saturated carbocycles. The number of benzene rings is 3. The van der Waals surface area contributed by atoms with Gasteiger partial charge in [-0.2, -0.15) is 0 Å². The molecule has 1 aromatic heterocycles. The SMILES string of the molecule is O=C(O)C1=C(/C=C(/CCl)NC(=O)/C(=N\OCCF)c2csc(NC(c3ccccc3)(c3ccccc3)c3ccccc3)n2)CS[C@@H]2CC(=O)N12. The van der Waals surface area contributed by atoms with Crippen LogP contribution < -0.4 is 10.6 Å². The van der Waals surface area contributed by atoms with Gasteiger partial charge in [-0.15, -0.1) is 34.7 Å². The fourth-order valence-corrected chi connectivity index (χ4v) is 7.92. The number of aliphatic carboxylic acids is 1.